The third kappa shape index (κ3) is 5.40. The molecule has 2 saturated heterocycles. The van der Waals surface area contributed by atoms with Gasteiger partial charge in [-0.05, 0) is 44.7 Å². The van der Waals surface area contributed by atoms with Crippen LogP contribution in [0.5, 0.6) is 5.75 Å². The Balaban J connectivity index is 1.82. The lowest BCUT2D eigenvalue weighted by Gasteiger charge is -2.29. The first-order valence-corrected chi connectivity index (χ1v) is 12.4. The van der Waals surface area contributed by atoms with E-state index in [1.54, 1.807) is 13.8 Å². The molecule has 5 atom stereocenters. The van der Waals surface area contributed by atoms with Crippen molar-refractivity contribution in [1.29, 1.82) is 0 Å². The molecule has 178 valence electrons. The summed E-state index contributed by atoms with van der Waals surface area (Å²) in [6, 6.07) is 3.64. The average molecular weight is 497 g/mol. The molecule has 2 heterocycles. The normalized spacial score (nSPS) is 26.1. The topological polar surface area (TPSA) is 107 Å². The van der Waals surface area contributed by atoms with Crippen molar-refractivity contribution in [3.8, 4) is 5.75 Å². The second-order valence-corrected chi connectivity index (χ2v) is 11.2. The number of hydrogen-bond donors (Lipinski definition) is 1. The maximum atomic E-state index is 13.2. The Morgan fingerprint density at radius 3 is 2.06 bits per heavy atom. The van der Waals surface area contributed by atoms with Gasteiger partial charge in [0.25, 0.3) is 10.1 Å². The number of ether oxygens (including phenoxy) is 2. The zero-order valence-electron chi connectivity index (χ0n) is 17.5. The lowest BCUT2D eigenvalue weighted by Crippen LogP contribution is -2.46. The minimum atomic E-state index is -5.21. The number of benzene rings is 1. The Labute approximate surface area is 187 Å². The standard InChI is InChI=1S/C20H23F3O7S2/c1-9-6-10(2)17(11(3)7-9)30-19(25)16-13-5-4-12(31-13)15(16)18(24)29-14(20(21,22)23)8-32(26,27)28/h6-7,12-16H,4-5,8H2,1-3H3,(H,26,27,28). The number of halogens is 3. The highest BCUT2D eigenvalue weighted by atomic mass is 32.2. The molecule has 3 rings (SSSR count). The van der Waals surface area contributed by atoms with Crippen LogP contribution in [0, 0.1) is 32.6 Å². The van der Waals surface area contributed by atoms with E-state index >= 15 is 0 Å². The van der Waals surface area contributed by atoms with Gasteiger partial charge in [-0.15, -0.1) is 0 Å². The number of carbonyl (C=O) groups is 2. The van der Waals surface area contributed by atoms with E-state index in [9.17, 15) is 31.2 Å². The summed E-state index contributed by atoms with van der Waals surface area (Å²) < 4.78 is 80.4. The van der Waals surface area contributed by atoms with Crippen LogP contribution in [0.3, 0.4) is 0 Å². The molecule has 32 heavy (non-hydrogen) atoms. The van der Waals surface area contributed by atoms with Crippen LogP contribution in [0.1, 0.15) is 29.5 Å². The van der Waals surface area contributed by atoms with Gasteiger partial charge in [-0.1, -0.05) is 17.7 Å². The number of esters is 2. The summed E-state index contributed by atoms with van der Waals surface area (Å²) in [6.07, 6.45) is -7.13. The number of aryl methyl sites for hydroxylation is 3. The highest BCUT2D eigenvalue weighted by molar-refractivity contribution is 8.01. The molecular formula is C20H23F3O7S2. The first kappa shape index (κ1) is 24.8. The van der Waals surface area contributed by atoms with Crippen molar-refractivity contribution in [1.82, 2.24) is 0 Å². The van der Waals surface area contributed by atoms with Gasteiger partial charge in [0.15, 0.2) is 0 Å². The van der Waals surface area contributed by atoms with E-state index in [0.29, 0.717) is 29.7 Å². The van der Waals surface area contributed by atoms with Crippen LogP contribution in [-0.4, -0.2) is 53.4 Å². The molecule has 0 aliphatic carbocycles. The number of alkyl halides is 3. The minimum Gasteiger partial charge on any atom is -0.451 e. The fraction of sp³-hybridized carbons (Fsp3) is 0.600. The molecule has 1 N–H and O–H groups in total. The largest absolute Gasteiger partial charge is 0.451 e. The molecule has 0 radical (unpaired) electrons. The van der Waals surface area contributed by atoms with Crippen molar-refractivity contribution < 1.29 is 45.2 Å². The summed E-state index contributed by atoms with van der Waals surface area (Å²) in [5, 5.41) is -0.757. The molecule has 7 nitrogen and oxygen atoms in total. The van der Waals surface area contributed by atoms with Crippen molar-refractivity contribution in [2.45, 2.75) is 56.4 Å². The van der Waals surface area contributed by atoms with Gasteiger partial charge in [0.05, 0.1) is 11.8 Å². The predicted octanol–water partition coefficient (Wildman–Crippen LogP) is 3.39. The van der Waals surface area contributed by atoms with E-state index in [1.165, 1.54) is 11.8 Å². The monoisotopic (exact) mass is 496 g/mol. The summed E-state index contributed by atoms with van der Waals surface area (Å²) in [7, 11) is -5.06. The molecule has 0 saturated carbocycles. The van der Waals surface area contributed by atoms with E-state index in [1.807, 2.05) is 19.1 Å². The van der Waals surface area contributed by atoms with Gasteiger partial charge in [-0.3, -0.25) is 14.1 Å². The number of thioether (sulfide) groups is 1. The Hall–Kier alpha value is -1.79. The van der Waals surface area contributed by atoms with E-state index in [0.717, 1.165) is 5.56 Å². The second kappa shape index (κ2) is 8.86. The molecule has 1 aromatic carbocycles. The number of fused-ring (bicyclic) bond motifs is 2. The van der Waals surface area contributed by atoms with Crippen LogP contribution in [-0.2, 0) is 24.4 Å². The molecule has 1 aromatic rings. The summed E-state index contributed by atoms with van der Waals surface area (Å²) in [6.45, 7) is 5.40. The van der Waals surface area contributed by atoms with Crippen LogP contribution in [0.4, 0.5) is 13.2 Å². The van der Waals surface area contributed by atoms with Gasteiger partial charge >= 0.3 is 18.1 Å². The number of rotatable bonds is 6. The molecular weight excluding hydrogens is 473 g/mol. The van der Waals surface area contributed by atoms with Gasteiger partial charge in [0.1, 0.15) is 11.5 Å². The Kier molecular flexibility index (Phi) is 6.88. The van der Waals surface area contributed by atoms with Crippen molar-refractivity contribution >= 4 is 33.8 Å². The molecule has 2 aliphatic heterocycles. The van der Waals surface area contributed by atoms with Gasteiger partial charge < -0.3 is 9.47 Å². The Morgan fingerprint density at radius 2 is 1.59 bits per heavy atom. The summed E-state index contributed by atoms with van der Waals surface area (Å²) in [4.78, 5) is 25.7. The third-order valence-corrected chi connectivity index (χ3v) is 8.09. The van der Waals surface area contributed by atoms with E-state index < -0.39 is 57.2 Å². The first-order valence-electron chi connectivity index (χ1n) is 9.84. The first-order chi connectivity index (χ1) is 14.7. The van der Waals surface area contributed by atoms with E-state index in [2.05, 4.69) is 4.74 Å². The zero-order valence-corrected chi connectivity index (χ0v) is 19.1. The lowest BCUT2D eigenvalue weighted by atomic mass is 9.79. The maximum Gasteiger partial charge on any atom is 0.426 e. The van der Waals surface area contributed by atoms with Gasteiger partial charge in [-0.25, -0.2) is 0 Å². The van der Waals surface area contributed by atoms with Gasteiger partial charge in [0.2, 0.25) is 6.10 Å². The van der Waals surface area contributed by atoms with Crippen molar-refractivity contribution in [3.05, 3.63) is 28.8 Å². The quantitative estimate of drug-likeness (QED) is 0.363. The smallest absolute Gasteiger partial charge is 0.426 e. The van der Waals surface area contributed by atoms with Crippen molar-refractivity contribution in [2.24, 2.45) is 11.8 Å². The molecule has 2 bridgehead atoms. The number of carbonyl (C=O) groups excluding carboxylic acids is 2. The Bertz CT molecular complexity index is 1000. The molecule has 0 spiro atoms. The Morgan fingerprint density at radius 1 is 1.09 bits per heavy atom. The molecule has 0 amide bonds. The highest BCUT2D eigenvalue weighted by Crippen LogP contribution is 2.54. The minimum absolute atomic E-state index is 0.318. The van der Waals surface area contributed by atoms with E-state index in [4.69, 9.17) is 9.29 Å². The summed E-state index contributed by atoms with van der Waals surface area (Å²) in [5.74, 6) is -5.77. The van der Waals surface area contributed by atoms with Gasteiger partial charge in [-0.2, -0.15) is 33.4 Å². The number of hydrogen-bond acceptors (Lipinski definition) is 7. The molecule has 5 unspecified atom stereocenters. The fourth-order valence-corrected chi connectivity index (χ4v) is 6.91. The fourth-order valence-electron chi connectivity index (χ4n) is 4.38. The zero-order chi connectivity index (χ0) is 24.0. The van der Waals surface area contributed by atoms with Crippen molar-refractivity contribution in [3.63, 3.8) is 0 Å². The average Bonchev–Trinajstić information content (AvgIpc) is 3.23. The predicted molar refractivity (Wildman–Crippen MR) is 110 cm³/mol. The molecule has 0 aromatic heterocycles. The lowest BCUT2D eigenvalue weighted by molar-refractivity contribution is -0.218. The van der Waals surface area contributed by atoms with Crippen molar-refractivity contribution in [2.75, 3.05) is 5.75 Å². The van der Waals surface area contributed by atoms with Crippen LogP contribution >= 0.6 is 11.8 Å². The summed E-state index contributed by atoms with van der Waals surface area (Å²) in [5.41, 5.74) is 2.38. The second-order valence-electron chi connectivity index (χ2n) is 8.21. The van der Waals surface area contributed by atoms with Crippen LogP contribution in [0.25, 0.3) is 0 Å². The SMILES string of the molecule is Cc1cc(C)c(OC(=O)C2C3CCC(S3)C2C(=O)OC(CS(=O)(=O)O)C(F)(F)F)c(C)c1. The van der Waals surface area contributed by atoms with Crippen LogP contribution < -0.4 is 4.74 Å². The van der Waals surface area contributed by atoms with E-state index in [-0.39, 0.29) is 5.25 Å². The molecule has 12 heteroatoms. The van der Waals surface area contributed by atoms with Crippen LogP contribution in [0.2, 0.25) is 0 Å². The third-order valence-electron chi connectivity index (χ3n) is 5.61. The van der Waals surface area contributed by atoms with Gasteiger partial charge in [0, 0.05) is 10.5 Å². The summed E-state index contributed by atoms with van der Waals surface area (Å²) >= 11 is 1.32. The van der Waals surface area contributed by atoms with Crippen LogP contribution in [0.15, 0.2) is 12.1 Å². The maximum absolute atomic E-state index is 13.2. The molecule has 2 aliphatic rings. The highest BCUT2D eigenvalue weighted by Gasteiger charge is 2.57. The molecule has 2 fully saturated rings.